The third-order valence-electron chi connectivity index (χ3n) is 3.25. The zero-order chi connectivity index (χ0) is 15.6. The number of hydrogen-bond donors (Lipinski definition) is 2. The highest BCUT2D eigenvalue weighted by molar-refractivity contribution is 7.92. The van der Waals surface area contributed by atoms with Gasteiger partial charge in [-0.3, -0.25) is 4.72 Å². The summed E-state index contributed by atoms with van der Waals surface area (Å²) in [6, 6.07) is 9.81. The van der Waals surface area contributed by atoms with Crippen molar-refractivity contribution in [1.29, 1.82) is 0 Å². The van der Waals surface area contributed by atoms with E-state index in [1.54, 1.807) is 30.3 Å². The Kier molecular flexibility index (Phi) is 4.44. The van der Waals surface area contributed by atoms with Crippen LogP contribution in [0.5, 0.6) is 0 Å². The molecule has 0 spiro atoms. The van der Waals surface area contributed by atoms with Gasteiger partial charge >= 0.3 is 0 Å². The topological polar surface area (TPSA) is 72.2 Å². The number of nitrogens with one attached hydrogen (secondary N) is 1. The predicted octanol–water partition coefficient (Wildman–Crippen LogP) is 3.59. The Bertz CT molecular complexity index is 773. The first-order valence-corrected chi connectivity index (χ1v) is 8.37. The van der Waals surface area contributed by atoms with Gasteiger partial charge in [0.25, 0.3) is 10.0 Å². The van der Waals surface area contributed by atoms with Crippen molar-refractivity contribution in [2.75, 3.05) is 10.5 Å². The van der Waals surface area contributed by atoms with E-state index in [0.29, 0.717) is 16.4 Å². The highest BCUT2D eigenvalue weighted by Gasteiger charge is 2.16. The number of hydrogen-bond acceptors (Lipinski definition) is 3. The van der Waals surface area contributed by atoms with Gasteiger partial charge in [-0.15, -0.1) is 0 Å². The lowest BCUT2D eigenvalue weighted by Crippen LogP contribution is -2.14. The summed E-state index contributed by atoms with van der Waals surface area (Å²) in [6.07, 6.45) is 0.757. The first kappa shape index (κ1) is 15.7. The molecule has 0 atom stereocenters. The van der Waals surface area contributed by atoms with Crippen molar-refractivity contribution in [3.63, 3.8) is 0 Å². The summed E-state index contributed by atoms with van der Waals surface area (Å²) in [5, 5.41) is 0.471. The van der Waals surface area contributed by atoms with Gasteiger partial charge in [-0.2, -0.15) is 0 Å². The van der Waals surface area contributed by atoms with Gasteiger partial charge in [-0.1, -0.05) is 30.7 Å². The van der Waals surface area contributed by atoms with Crippen LogP contribution < -0.4 is 10.5 Å². The van der Waals surface area contributed by atoms with E-state index in [1.807, 2.05) is 13.8 Å². The molecule has 0 aliphatic carbocycles. The number of nitrogens with two attached hydrogens (primary N) is 1. The van der Waals surface area contributed by atoms with Gasteiger partial charge in [0, 0.05) is 10.7 Å². The van der Waals surface area contributed by atoms with Crippen molar-refractivity contribution in [2.45, 2.75) is 25.2 Å². The van der Waals surface area contributed by atoms with Gasteiger partial charge in [0.15, 0.2) is 0 Å². The van der Waals surface area contributed by atoms with E-state index in [2.05, 4.69) is 4.72 Å². The monoisotopic (exact) mass is 324 g/mol. The average molecular weight is 325 g/mol. The van der Waals surface area contributed by atoms with Crippen molar-refractivity contribution in [3.05, 3.63) is 52.5 Å². The summed E-state index contributed by atoms with van der Waals surface area (Å²) >= 11 is 5.90. The Morgan fingerprint density at radius 1 is 1.19 bits per heavy atom. The molecular formula is C15H17ClN2O2S. The van der Waals surface area contributed by atoms with Crippen LogP contribution in [0.2, 0.25) is 5.02 Å². The molecule has 0 heterocycles. The molecule has 0 unspecified atom stereocenters. The van der Waals surface area contributed by atoms with Gasteiger partial charge in [-0.05, 0) is 48.7 Å². The summed E-state index contributed by atoms with van der Waals surface area (Å²) in [7, 11) is -3.69. The Balaban J connectivity index is 2.38. The molecule has 0 bridgehead atoms. The largest absolute Gasteiger partial charge is 0.398 e. The second kappa shape index (κ2) is 5.95. The molecule has 6 heteroatoms. The molecule has 0 saturated carbocycles. The molecular weight excluding hydrogens is 308 g/mol. The molecule has 2 rings (SSSR count). The fourth-order valence-corrected chi connectivity index (χ4v) is 3.30. The smallest absolute Gasteiger partial charge is 0.261 e. The molecule has 2 aromatic rings. The maximum absolute atomic E-state index is 12.4. The molecule has 4 nitrogen and oxygen atoms in total. The van der Waals surface area contributed by atoms with E-state index in [0.717, 1.165) is 17.5 Å². The third kappa shape index (κ3) is 3.49. The molecule has 0 fully saturated rings. The molecule has 112 valence electrons. The maximum Gasteiger partial charge on any atom is 0.261 e. The lowest BCUT2D eigenvalue weighted by Gasteiger charge is -2.12. The molecule has 0 aliphatic heterocycles. The summed E-state index contributed by atoms with van der Waals surface area (Å²) in [6.45, 7) is 3.77. The zero-order valence-corrected chi connectivity index (χ0v) is 13.4. The van der Waals surface area contributed by atoms with E-state index in [9.17, 15) is 8.42 Å². The first-order chi connectivity index (χ1) is 9.83. The maximum atomic E-state index is 12.4. The number of benzene rings is 2. The van der Waals surface area contributed by atoms with Gasteiger partial charge in [-0.25, -0.2) is 8.42 Å². The van der Waals surface area contributed by atoms with E-state index in [-0.39, 0.29) is 4.90 Å². The van der Waals surface area contributed by atoms with Gasteiger partial charge < -0.3 is 5.73 Å². The second-order valence-electron chi connectivity index (χ2n) is 4.78. The SMILES string of the molecule is CCc1ccc(S(=O)(=O)Nc2cc(Cl)ccc2C)cc1N. The third-order valence-corrected chi connectivity index (χ3v) is 4.85. The fraction of sp³-hybridized carbons (Fsp3) is 0.200. The molecule has 21 heavy (non-hydrogen) atoms. The van der Waals surface area contributed by atoms with Crippen molar-refractivity contribution < 1.29 is 8.42 Å². The normalized spacial score (nSPS) is 11.4. The minimum atomic E-state index is -3.69. The van der Waals surface area contributed by atoms with Crippen molar-refractivity contribution in [2.24, 2.45) is 0 Å². The minimum Gasteiger partial charge on any atom is -0.398 e. The molecule has 0 aliphatic rings. The standard InChI is InChI=1S/C15H17ClN2O2S/c1-3-11-5-7-13(9-14(11)17)21(19,20)18-15-8-12(16)6-4-10(15)2/h4-9,18H,3,17H2,1-2H3. The van der Waals surface area contributed by atoms with Crippen molar-refractivity contribution >= 4 is 33.0 Å². The molecule has 0 aromatic heterocycles. The van der Waals surface area contributed by atoms with Crippen LogP contribution in [0.4, 0.5) is 11.4 Å². The van der Waals surface area contributed by atoms with E-state index in [4.69, 9.17) is 17.3 Å². The van der Waals surface area contributed by atoms with Gasteiger partial charge in [0.05, 0.1) is 10.6 Å². The van der Waals surface area contributed by atoms with Crippen LogP contribution in [0.25, 0.3) is 0 Å². The lowest BCUT2D eigenvalue weighted by atomic mass is 10.1. The number of halogens is 1. The number of anilines is 2. The van der Waals surface area contributed by atoms with Crippen LogP contribution in [-0.2, 0) is 16.4 Å². The highest BCUT2D eigenvalue weighted by atomic mass is 35.5. The van der Waals surface area contributed by atoms with Crippen LogP contribution in [-0.4, -0.2) is 8.42 Å². The fourth-order valence-electron chi connectivity index (χ4n) is 1.97. The summed E-state index contributed by atoms with van der Waals surface area (Å²) < 4.78 is 27.4. The molecule has 2 aromatic carbocycles. The number of rotatable bonds is 4. The van der Waals surface area contributed by atoms with E-state index >= 15 is 0 Å². The lowest BCUT2D eigenvalue weighted by molar-refractivity contribution is 0.601. The molecule has 3 N–H and O–H groups in total. The summed E-state index contributed by atoms with van der Waals surface area (Å²) in [4.78, 5) is 0.136. The Morgan fingerprint density at radius 2 is 1.90 bits per heavy atom. The van der Waals surface area contributed by atoms with Crippen molar-refractivity contribution in [1.82, 2.24) is 0 Å². The minimum absolute atomic E-state index is 0.136. The van der Waals surface area contributed by atoms with E-state index < -0.39 is 10.0 Å². The van der Waals surface area contributed by atoms with Crippen LogP contribution in [0.1, 0.15) is 18.1 Å². The van der Waals surface area contributed by atoms with Crippen LogP contribution >= 0.6 is 11.6 Å². The highest BCUT2D eigenvalue weighted by Crippen LogP contribution is 2.25. The first-order valence-electron chi connectivity index (χ1n) is 6.51. The predicted molar refractivity (Wildman–Crippen MR) is 87.2 cm³/mol. The Morgan fingerprint density at radius 3 is 2.52 bits per heavy atom. The quantitative estimate of drug-likeness (QED) is 0.844. The van der Waals surface area contributed by atoms with Crippen LogP contribution in [0, 0.1) is 6.92 Å². The van der Waals surface area contributed by atoms with Crippen LogP contribution in [0.3, 0.4) is 0 Å². The Hall–Kier alpha value is -1.72. The van der Waals surface area contributed by atoms with Gasteiger partial charge in [0.2, 0.25) is 0 Å². The molecule has 0 radical (unpaired) electrons. The van der Waals surface area contributed by atoms with Crippen molar-refractivity contribution in [3.8, 4) is 0 Å². The molecule has 0 saturated heterocycles. The number of sulfonamides is 1. The zero-order valence-electron chi connectivity index (χ0n) is 11.9. The molecule has 0 amide bonds. The summed E-state index contributed by atoms with van der Waals surface area (Å²) in [5.41, 5.74) is 8.51. The average Bonchev–Trinajstić information content (AvgIpc) is 2.42. The van der Waals surface area contributed by atoms with Crippen LogP contribution in [0.15, 0.2) is 41.3 Å². The second-order valence-corrected chi connectivity index (χ2v) is 6.90. The van der Waals surface area contributed by atoms with Gasteiger partial charge in [0.1, 0.15) is 0 Å². The Labute approximate surface area is 130 Å². The summed E-state index contributed by atoms with van der Waals surface area (Å²) in [5.74, 6) is 0. The van der Waals surface area contributed by atoms with E-state index in [1.165, 1.54) is 6.07 Å². The number of nitrogen functional groups attached to an aromatic ring is 1. The number of aryl methyl sites for hydroxylation is 2.